The van der Waals surface area contributed by atoms with Crippen LogP contribution in [0.1, 0.15) is 15.2 Å². The number of piperazine rings is 1. The van der Waals surface area contributed by atoms with E-state index in [1.54, 1.807) is 47.4 Å². The van der Waals surface area contributed by atoms with Crippen LogP contribution in [0.3, 0.4) is 0 Å². The van der Waals surface area contributed by atoms with E-state index in [-0.39, 0.29) is 16.6 Å². The highest BCUT2D eigenvalue weighted by atomic mass is 79.9. The van der Waals surface area contributed by atoms with Crippen molar-refractivity contribution < 1.29 is 17.6 Å². The average molecular weight is 567 g/mol. The molecule has 10 heteroatoms. The minimum Gasteiger partial charge on any atom is -0.332 e. The lowest BCUT2D eigenvalue weighted by Gasteiger charge is -2.35. The minimum atomic E-state index is -3.53. The zero-order valence-corrected chi connectivity index (χ0v) is 21.7. The van der Waals surface area contributed by atoms with Crippen LogP contribution in [-0.2, 0) is 16.6 Å². The number of hydrogen-bond acceptors (Lipinski definition) is 5. The molecule has 2 aromatic carbocycles. The van der Waals surface area contributed by atoms with Crippen LogP contribution in [0.25, 0.3) is 0 Å². The third kappa shape index (κ3) is 6.11. The summed E-state index contributed by atoms with van der Waals surface area (Å²) >= 11 is 4.73. The summed E-state index contributed by atoms with van der Waals surface area (Å²) in [5.41, 5.74) is 0.858. The molecule has 1 saturated heterocycles. The fourth-order valence-electron chi connectivity index (χ4n) is 3.83. The van der Waals surface area contributed by atoms with E-state index in [0.717, 1.165) is 10.0 Å². The number of benzene rings is 2. The molecule has 0 bridgehead atoms. The predicted octanol–water partition coefficient (Wildman–Crippen LogP) is 4.30. The second-order valence-electron chi connectivity index (χ2n) is 8.03. The van der Waals surface area contributed by atoms with E-state index in [9.17, 15) is 17.6 Å². The van der Waals surface area contributed by atoms with Gasteiger partial charge in [-0.2, -0.15) is 4.31 Å². The Kier molecular flexibility index (Phi) is 8.15. The molecule has 0 aliphatic carbocycles. The van der Waals surface area contributed by atoms with Gasteiger partial charge in [0.1, 0.15) is 5.82 Å². The lowest BCUT2D eigenvalue weighted by atomic mass is 10.2. The molecule has 180 valence electrons. The summed E-state index contributed by atoms with van der Waals surface area (Å²) in [6.45, 7) is 3.48. The number of hydrogen-bond donors (Lipinski definition) is 0. The first-order chi connectivity index (χ1) is 16.3. The standard InChI is InChI=1S/C24H25BrFN3O3S2/c25-20-5-9-22(10-6-20)34(31,32)29-15-12-27(13-16-29)11-14-28(24(30)23-2-1-17-33-23)18-19-3-7-21(26)8-4-19/h1-10,17H,11-16,18H2. The largest absolute Gasteiger partial charge is 0.332 e. The van der Waals surface area contributed by atoms with Gasteiger partial charge in [-0.05, 0) is 53.4 Å². The zero-order chi connectivity index (χ0) is 24.1. The second kappa shape index (κ2) is 11.1. The molecule has 2 heterocycles. The number of sulfonamides is 1. The molecule has 1 aliphatic rings. The van der Waals surface area contributed by atoms with Gasteiger partial charge in [-0.25, -0.2) is 12.8 Å². The zero-order valence-electron chi connectivity index (χ0n) is 18.4. The topological polar surface area (TPSA) is 60.9 Å². The van der Waals surface area contributed by atoms with Crippen molar-refractivity contribution in [1.29, 1.82) is 0 Å². The molecule has 1 amide bonds. The van der Waals surface area contributed by atoms with E-state index in [1.807, 2.05) is 11.4 Å². The summed E-state index contributed by atoms with van der Waals surface area (Å²) in [5.74, 6) is -0.369. The Labute approximate surface area is 211 Å². The van der Waals surface area contributed by atoms with Crippen LogP contribution in [0.5, 0.6) is 0 Å². The molecule has 1 fully saturated rings. The molecule has 34 heavy (non-hydrogen) atoms. The Hall–Kier alpha value is -2.11. The Bertz CT molecular complexity index is 1200. The van der Waals surface area contributed by atoms with Gasteiger partial charge in [-0.1, -0.05) is 34.1 Å². The summed E-state index contributed by atoms with van der Waals surface area (Å²) in [6, 6.07) is 16.5. The highest BCUT2D eigenvalue weighted by Gasteiger charge is 2.29. The first-order valence-electron chi connectivity index (χ1n) is 10.9. The van der Waals surface area contributed by atoms with Gasteiger partial charge in [-0.15, -0.1) is 11.3 Å². The highest BCUT2D eigenvalue weighted by molar-refractivity contribution is 9.10. The van der Waals surface area contributed by atoms with Crippen LogP contribution in [-0.4, -0.2) is 67.7 Å². The molecule has 1 aliphatic heterocycles. The number of amides is 1. The van der Waals surface area contributed by atoms with Crippen molar-refractivity contribution in [2.24, 2.45) is 0 Å². The minimum absolute atomic E-state index is 0.0595. The molecule has 0 saturated carbocycles. The summed E-state index contributed by atoms with van der Waals surface area (Å²) < 4.78 is 41.5. The maximum Gasteiger partial charge on any atom is 0.264 e. The lowest BCUT2D eigenvalue weighted by molar-refractivity contribution is 0.0715. The van der Waals surface area contributed by atoms with Crippen LogP contribution in [0.4, 0.5) is 4.39 Å². The molecule has 4 rings (SSSR count). The van der Waals surface area contributed by atoms with Gasteiger partial charge in [0.2, 0.25) is 10.0 Å². The Morgan fingerprint density at radius 3 is 2.29 bits per heavy atom. The lowest BCUT2D eigenvalue weighted by Crippen LogP contribution is -2.50. The van der Waals surface area contributed by atoms with E-state index >= 15 is 0 Å². The summed E-state index contributed by atoms with van der Waals surface area (Å²) in [7, 11) is -3.53. The summed E-state index contributed by atoms with van der Waals surface area (Å²) in [5, 5.41) is 1.87. The third-order valence-corrected chi connectivity index (χ3v) is 9.07. The number of nitrogens with zero attached hydrogens (tertiary/aromatic N) is 3. The Morgan fingerprint density at radius 1 is 1.00 bits per heavy atom. The number of halogens is 2. The highest BCUT2D eigenvalue weighted by Crippen LogP contribution is 2.20. The molecule has 0 spiro atoms. The molecule has 0 unspecified atom stereocenters. The first kappa shape index (κ1) is 25.0. The second-order valence-corrected chi connectivity index (χ2v) is 11.8. The maximum absolute atomic E-state index is 13.3. The molecule has 3 aromatic rings. The smallest absolute Gasteiger partial charge is 0.264 e. The Balaban J connectivity index is 1.37. The van der Waals surface area contributed by atoms with E-state index in [0.29, 0.717) is 50.7 Å². The van der Waals surface area contributed by atoms with Crippen molar-refractivity contribution in [3.63, 3.8) is 0 Å². The SMILES string of the molecule is O=C(c1cccs1)N(CCN1CCN(S(=O)(=O)c2ccc(Br)cc2)CC1)Cc1ccc(F)cc1. The number of thiophene rings is 1. The quantitative estimate of drug-likeness (QED) is 0.408. The van der Waals surface area contributed by atoms with Crippen molar-refractivity contribution in [3.8, 4) is 0 Å². The van der Waals surface area contributed by atoms with Gasteiger partial charge < -0.3 is 4.90 Å². The van der Waals surface area contributed by atoms with Crippen molar-refractivity contribution in [1.82, 2.24) is 14.1 Å². The van der Waals surface area contributed by atoms with Gasteiger partial charge in [0, 0.05) is 50.3 Å². The first-order valence-corrected chi connectivity index (χ1v) is 14.0. The van der Waals surface area contributed by atoms with Crippen molar-refractivity contribution in [3.05, 3.63) is 86.8 Å². The summed E-state index contributed by atoms with van der Waals surface area (Å²) in [6.07, 6.45) is 0. The van der Waals surface area contributed by atoms with Crippen molar-refractivity contribution >= 4 is 43.2 Å². The fourth-order valence-corrected chi connectivity index (χ4v) is 6.21. The van der Waals surface area contributed by atoms with E-state index < -0.39 is 10.0 Å². The number of carbonyl (C=O) groups excluding carboxylic acids is 1. The summed E-state index contributed by atoms with van der Waals surface area (Å²) in [4.78, 5) is 18.0. The van der Waals surface area contributed by atoms with Crippen LogP contribution in [0.15, 0.2) is 75.4 Å². The van der Waals surface area contributed by atoms with Crippen LogP contribution < -0.4 is 0 Å². The number of carbonyl (C=O) groups is 1. The fraction of sp³-hybridized carbons (Fsp3) is 0.292. The van der Waals surface area contributed by atoms with Crippen molar-refractivity contribution in [2.75, 3.05) is 39.3 Å². The molecule has 6 nitrogen and oxygen atoms in total. The number of rotatable bonds is 8. The van der Waals surface area contributed by atoms with Gasteiger partial charge in [0.15, 0.2) is 0 Å². The van der Waals surface area contributed by atoms with Gasteiger partial charge in [0.05, 0.1) is 9.77 Å². The molecular weight excluding hydrogens is 541 g/mol. The molecule has 1 aromatic heterocycles. The van der Waals surface area contributed by atoms with Crippen LogP contribution in [0.2, 0.25) is 0 Å². The van der Waals surface area contributed by atoms with E-state index in [2.05, 4.69) is 20.8 Å². The van der Waals surface area contributed by atoms with Gasteiger partial charge in [0.25, 0.3) is 5.91 Å². The Morgan fingerprint density at radius 2 is 1.68 bits per heavy atom. The van der Waals surface area contributed by atoms with E-state index in [4.69, 9.17) is 0 Å². The molecular formula is C24H25BrFN3O3S2. The molecule has 0 radical (unpaired) electrons. The average Bonchev–Trinajstić information content (AvgIpc) is 3.38. The van der Waals surface area contributed by atoms with Crippen LogP contribution in [0, 0.1) is 5.82 Å². The molecule has 0 atom stereocenters. The predicted molar refractivity (Wildman–Crippen MR) is 135 cm³/mol. The maximum atomic E-state index is 13.3. The van der Waals surface area contributed by atoms with Crippen LogP contribution >= 0.6 is 27.3 Å². The van der Waals surface area contributed by atoms with Gasteiger partial charge in [-0.3, -0.25) is 9.69 Å². The monoisotopic (exact) mass is 565 g/mol. The molecule has 0 N–H and O–H groups in total. The van der Waals surface area contributed by atoms with Gasteiger partial charge >= 0.3 is 0 Å². The van der Waals surface area contributed by atoms with E-state index in [1.165, 1.54) is 27.8 Å². The normalized spacial score (nSPS) is 15.4. The van der Waals surface area contributed by atoms with Crippen molar-refractivity contribution in [2.45, 2.75) is 11.4 Å². The third-order valence-electron chi connectivity index (χ3n) is 5.77.